The van der Waals surface area contributed by atoms with E-state index in [0.717, 1.165) is 31.9 Å². The van der Waals surface area contributed by atoms with Gasteiger partial charge in [0.05, 0.1) is 11.6 Å². The van der Waals surface area contributed by atoms with Crippen LogP contribution in [0.4, 0.5) is 11.4 Å². The van der Waals surface area contributed by atoms with Crippen molar-refractivity contribution >= 4 is 39.2 Å². The van der Waals surface area contributed by atoms with E-state index in [0.29, 0.717) is 10.2 Å². The molecule has 1 saturated heterocycles. The molecule has 0 saturated carbocycles. The standard InChI is InChI=1S/C18H20BrN5O3/c1-23-7-9-24(10-8-23)13-5-3-12(4-6-13)21-17(25)16-20-11-14(19)15(22-16)18(26)27-2/h3-6,11H,7-10H2,1-2H3,(H,21,25). The Bertz CT molecular complexity index is 835. The van der Waals surface area contributed by atoms with Crippen molar-refractivity contribution in [2.24, 2.45) is 0 Å². The van der Waals surface area contributed by atoms with Gasteiger partial charge in [0.2, 0.25) is 5.82 Å². The van der Waals surface area contributed by atoms with Gasteiger partial charge in [-0.3, -0.25) is 4.79 Å². The quantitative estimate of drug-likeness (QED) is 0.737. The zero-order chi connectivity index (χ0) is 19.4. The number of piperazine rings is 1. The summed E-state index contributed by atoms with van der Waals surface area (Å²) in [4.78, 5) is 36.6. The molecule has 0 unspecified atom stereocenters. The van der Waals surface area contributed by atoms with Crippen molar-refractivity contribution in [2.45, 2.75) is 0 Å². The van der Waals surface area contributed by atoms with E-state index in [1.807, 2.05) is 24.3 Å². The molecular weight excluding hydrogens is 414 g/mol. The van der Waals surface area contributed by atoms with E-state index in [1.165, 1.54) is 13.3 Å². The molecule has 2 aromatic rings. The minimum atomic E-state index is -0.644. The Labute approximate surface area is 165 Å². The van der Waals surface area contributed by atoms with Crippen LogP contribution in [0.2, 0.25) is 0 Å². The highest BCUT2D eigenvalue weighted by molar-refractivity contribution is 9.10. The van der Waals surface area contributed by atoms with Gasteiger partial charge in [-0.1, -0.05) is 0 Å². The minimum absolute atomic E-state index is 0.00284. The highest BCUT2D eigenvalue weighted by Crippen LogP contribution is 2.20. The number of hydrogen-bond donors (Lipinski definition) is 1. The zero-order valence-corrected chi connectivity index (χ0v) is 16.7. The number of carbonyl (C=O) groups excluding carboxylic acids is 2. The second kappa shape index (κ2) is 8.45. The third kappa shape index (κ3) is 4.61. The van der Waals surface area contributed by atoms with Crippen LogP contribution in [0.3, 0.4) is 0 Å². The number of esters is 1. The number of methoxy groups -OCH3 is 1. The van der Waals surface area contributed by atoms with Gasteiger partial charge in [0.15, 0.2) is 5.69 Å². The third-order valence-electron chi connectivity index (χ3n) is 4.32. The number of halogens is 1. The number of ether oxygens (including phenoxy) is 1. The highest BCUT2D eigenvalue weighted by atomic mass is 79.9. The van der Waals surface area contributed by atoms with E-state index in [2.05, 4.69) is 52.8 Å². The van der Waals surface area contributed by atoms with Crippen molar-refractivity contribution in [2.75, 3.05) is 50.6 Å². The molecule has 0 aliphatic carbocycles. The lowest BCUT2D eigenvalue weighted by atomic mass is 10.2. The summed E-state index contributed by atoms with van der Waals surface area (Å²) in [5, 5.41) is 2.74. The van der Waals surface area contributed by atoms with E-state index in [-0.39, 0.29) is 11.5 Å². The molecule has 8 nitrogen and oxygen atoms in total. The predicted molar refractivity (Wildman–Crippen MR) is 105 cm³/mol. The molecule has 1 N–H and O–H groups in total. The summed E-state index contributed by atoms with van der Waals surface area (Å²) in [5.41, 5.74) is 1.75. The number of carbonyl (C=O) groups is 2. The van der Waals surface area contributed by atoms with Crippen LogP contribution in [0.15, 0.2) is 34.9 Å². The largest absolute Gasteiger partial charge is 0.464 e. The second-order valence-electron chi connectivity index (χ2n) is 6.17. The van der Waals surface area contributed by atoms with Crippen molar-refractivity contribution in [1.29, 1.82) is 0 Å². The van der Waals surface area contributed by atoms with Gasteiger partial charge in [0.1, 0.15) is 0 Å². The van der Waals surface area contributed by atoms with Gasteiger partial charge in [-0.05, 0) is 47.2 Å². The Hall–Kier alpha value is -2.52. The van der Waals surface area contributed by atoms with Crippen LogP contribution in [0, 0.1) is 0 Å². The topological polar surface area (TPSA) is 87.7 Å². The van der Waals surface area contributed by atoms with Crippen LogP contribution in [-0.2, 0) is 4.74 Å². The Kier molecular flexibility index (Phi) is 6.02. The van der Waals surface area contributed by atoms with Gasteiger partial charge < -0.3 is 19.9 Å². The third-order valence-corrected chi connectivity index (χ3v) is 4.90. The van der Waals surface area contributed by atoms with Crippen molar-refractivity contribution in [3.63, 3.8) is 0 Å². The van der Waals surface area contributed by atoms with Gasteiger partial charge in [-0.15, -0.1) is 0 Å². The number of anilines is 2. The summed E-state index contributed by atoms with van der Waals surface area (Å²) in [5.74, 6) is -1.25. The lowest BCUT2D eigenvalue weighted by Gasteiger charge is -2.34. The first-order valence-electron chi connectivity index (χ1n) is 8.43. The Morgan fingerprint density at radius 1 is 1.15 bits per heavy atom. The van der Waals surface area contributed by atoms with Crippen LogP contribution in [0.1, 0.15) is 21.1 Å². The van der Waals surface area contributed by atoms with Gasteiger partial charge in [0.25, 0.3) is 5.91 Å². The van der Waals surface area contributed by atoms with Crippen molar-refractivity contribution in [3.05, 3.63) is 46.5 Å². The van der Waals surface area contributed by atoms with Crippen molar-refractivity contribution < 1.29 is 14.3 Å². The molecule has 2 heterocycles. The average Bonchev–Trinajstić information content (AvgIpc) is 2.69. The van der Waals surface area contributed by atoms with E-state index >= 15 is 0 Å². The van der Waals surface area contributed by atoms with Crippen LogP contribution in [-0.4, -0.2) is 67.1 Å². The second-order valence-corrected chi connectivity index (χ2v) is 7.03. The van der Waals surface area contributed by atoms with Crippen LogP contribution < -0.4 is 10.2 Å². The lowest BCUT2D eigenvalue weighted by Crippen LogP contribution is -2.44. The molecule has 1 fully saturated rings. The maximum absolute atomic E-state index is 12.4. The van der Waals surface area contributed by atoms with E-state index in [1.54, 1.807) is 0 Å². The molecule has 0 bridgehead atoms. The molecule has 3 rings (SSSR count). The molecule has 1 amide bonds. The van der Waals surface area contributed by atoms with Crippen molar-refractivity contribution in [3.8, 4) is 0 Å². The number of rotatable bonds is 4. The zero-order valence-electron chi connectivity index (χ0n) is 15.1. The van der Waals surface area contributed by atoms with Crippen LogP contribution in [0.5, 0.6) is 0 Å². The van der Waals surface area contributed by atoms with E-state index in [9.17, 15) is 9.59 Å². The lowest BCUT2D eigenvalue weighted by molar-refractivity contribution is 0.0592. The maximum Gasteiger partial charge on any atom is 0.357 e. The molecule has 1 aliphatic heterocycles. The fourth-order valence-corrected chi connectivity index (χ4v) is 3.08. The number of hydrogen-bond acceptors (Lipinski definition) is 7. The summed E-state index contributed by atoms with van der Waals surface area (Å²) in [6, 6.07) is 7.63. The summed E-state index contributed by atoms with van der Waals surface area (Å²) >= 11 is 3.17. The first kappa shape index (κ1) is 19.2. The molecule has 1 aromatic carbocycles. The smallest absolute Gasteiger partial charge is 0.357 e. The number of nitrogens with zero attached hydrogens (tertiary/aromatic N) is 4. The molecule has 1 aliphatic rings. The van der Waals surface area contributed by atoms with E-state index < -0.39 is 11.9 Å². The fourth-order valence-electron chi connectivity index (χ4n) is 2.72. The van der Waals surface area contributed by atoms with E-state index in [4.69, 9.17) is 0 Å². The number of benzene rings is 1. The molecule has 0 atom stereocenters. The molecule has 9 heteroatoms. The van der Waals surface area contributed by atoms with Gasteiger partial charge in [-0.25, -0.2) is 14.8 Å². The average molecular weight is 434 g/mol. The SMILES string of the molecule is COC(=O)c1nc(C(=O)Nc2ccc(N3CCN(C)CC3)cc2)ncc1Br. The first-order chi connectivity index (χ1) is 13.0. The first-order valence-corrected chi connectivity index (χ1v) is 9.23. The molecular formula is C18H20BrN5O3. The van der Waals surface area contributed by atoms with Crippen LogP contribution >= 0.6 is 15.9 Å². The molecule has 142 valence electrons. The Balaban J connectivity index is 1.68. The summed E-state index contributed by atoms with van der Waals surface area (Å²) in [6.45, 7) is 4.01. The number of likely N-dealkylation sites (N-methyl/N-ethyl adjacent to an activating group) is 1. The summed E-state index contributed by atoms with van der Waals surface area (Å²) in [6.07, 6.45) is 1.35. The molecule has 0 radical (unpaired) electrons. The Morgan fingerprint density at radius 3 is 2.44 bits per heavy atom. The summed E-state index contributed by atoms with van der Waals surface area (Å²) in [7, 11) is 3.37. The van der Waals surface area contributed by atoms with Gasteiger partial charge in [-0.2, -0.15) is 0 Å². The normalized spacial score (nSPS) is 14.7. The maximum atomic E-state index is 12.4. The monoisotopic (exact) mass is 433 g/mol. The molecule has 0 spiro atoms. The molecule has 1 aromatic heterocycles. The summed E-state index contributed by atoms with van der Waals surface area (Å²) < 4.78 is 5.01. The predicted octanol–water partition coefficient (Wildman–Crippen LogP) is 2.03. The van der Waals surface area contributed by atoms with Gasteiger partial charge >= 0.3 is 5.97 Å². The fraction of sp³-hybridized carbons (Fsp3) is 0.333. The number of nitrogens with one attached hydrogen (secondary N) is 1. The van der Waals surface area contributed by atoms with Crippen LogP contribution in [0.25, 0.3) is 0 Å². The highest BCUT2D eigenvalue weighted by Gasteiger charge is 2.18. The Morgan fingerprint density at radius 2 is 1.81 bits per heavy atom. The van der Waals surface area contributed by atoms with Crippen molar-refractivity contribution in [1.82, 2.24) is 14.9 Å². The minimum Gasteiger partial charge on any atom is -0.464 e. The number of amides is 1. The van der Waals surface area contributed by atoms with Gasteiger partial charge in [0, 0.05) is 43.8 Å². The number of aromatic nitrogens is 2. The molecule has 27 heavy (non-hydrogen) atoms.